The molecule has 5 heteroatoms. The average Bonchev–Trinajstić information content (AvgIpc) is 2.78. The molecule has 2 heterocycles. The molecule has 2 unspecified atom stereocenters. The average molecular weight is 314 g/mol. The van der Waals surface area contributed by atoms with Gasteiger partial charge in [-0.3, -0.25) is 9.59 Å². The minimum atomic E-state index is -0.913. The fraction of sp³-hybridized carbons (Fsp3) is 0.444. The summed E-state index contributed by atoms with van der Waals surface area (Å²) < 4.78 is 11.7. The largest absolute Gasteiger partial charge is 0.508 e. The Labute approximate surface area is 132 Å². The van der Waals surface area contributed by atoms with Crippen molar-refractivity contribution < 1.29 is 19.1 Å². The molecule has 0 radical (unpaired) electrons. The maximum atomic E-state index is 12.4. The molecule has 1 aromatic carbocycles. The van der Waals surface area contributed by atoms with Gasteiger partial charge >= 0.3 is 5.97 Å². The number of esters is 1. The van der Waals surface area contributed by atoms with E-state index in [1.54, 1.807) is 6.07 Å². The molecule has 4 rings (SSSR count). The van der Waals surface area contributed by atoms with Crippen LogP contribution >= 0.6 is 0 Å². The van der Waals surface area contributed by atoms with Crippen LogP contribution in [0.5, 0.6) is 5.75 Å². The molecule has 120 valence electrons. The maximum Gasteiger partial charge on any atom is 0.313 e. The highest BCUT2D eigenvalue weighted by Gasteiger charge is 2.74. The molecule has 0 spiro atoms. The number of rotatable bonds is 1. The summed E-state index contributed by atoms with van der Waals surface area (Å²) >= 11 is 0. The van der Waals surface area contributed by atoms with Crippen LogP contribution in [0.1, 0.15) is 39.4 Å². The molecular formula is C18H18O5. The van der Waals surface area contributed by atoms with E-state index in [4.69, 9.17) is 9.15 Å². The predicted molar refractivity (Wildman–Crippen MR) is 83.0 cm³/mol. The molecular weight excluding hydrogens is 296 g/mol. The van der Waals surface area contributed by atoms with Crippen LogP contribution in [-0.4, -0.2) is 11.1 Å². The minimum Gasteiger partial charge on any atom is -0.508 e. The lowest BCUT2D eigenvalue weighted by molar-refractivity contribution is -0.163. The maximum absolute atomic E-state index is 12.4. The first-order valence-corrected chi connectivity index (χ1v) is 7.72. The fourth-order valence-electron chi connectivity index (χ4n) is 4.13. The quantitative estimate of drug-likeness (QED) is 0.819. The van der Waals surface area contributed by atoms with Gasteiger partial charge in [0.05, 0.1) is 10.8 Å². The molecule has 23 heavy (non-hydrogen) atoms. The van der Waals surface area contributed by atoms with Crippen molar-refractivity contribution >= 4 is 16.9 Å². The van der Waals surface area contributed by atoms with E-state index in [9.17, 15) is 14.7 Å². The van der Waals surface area contributed by atoms with Gasteiger partial charge < -0.3 is 14.3 Å². The SMILES string of the molecule is CC12CCC(c3cc(=O)c4cc(O)ccc4o3)(OC1=O)C2(C)C. The molecule has 1 aliphatic carbocycles. The van der Waals surface area contributed by atoms with Gasteiger partial charge in [0.15, 0.2) is 16.8 Å². The Morgan fingerprint density at radius 3 is 2.43 bits per heavy atom. The molecule has 1 saturated carbocycles. The first-order chi connectivity index (χ1) is 10.7. The van der Waals surface area contributed by atoms with Crippen molar-refractivity contribution in [3.63, 3.8) is 0 Å². The Hall–Kier alpha value is -2.30. The van der Waals surface area contributed by atoms with Crippen molar-refractivity contribution in [1.82, 2.24) is 0 Å². The van der Waals surface area contributed by atoms with Crippen LogP contribution in [0.4, 0.5) is 0 Å². The number of phenols is 1. The number of aromatic hydroxyl groups is 1. The van der Waals surface area contributed by atoms with Gasteiger partial charge in [-0.15, -0.1) is 0 Å². The molecule has 1 saturated heterocycles. The third-order valence-electron chi connectivity index (χ3n) is 6.19. The first kappa shape index (κ1) is 14.3. The number of ether oxygens (including phenoxy) is 1. The zero-order valence-electron chi connectivity index (χ0n) is 13.3. The molecule has 1 aliphatic heterocycles. The summed E-state index contributed by atoms with van der Waals surface area (Å²) in [6.07, 6.45) is 1.34. The molecule has 0 amide bonds. The van der Waals surface area contributed by atoms with Gasteiger partial charge in [-0.25, -0.2) is 0 Å². The third-order valence-corrected chi connectivity index (χ3v) is 6.19. The van der Waals surface area contributed by atoms with E-state index in [0.717, 1.165) is 0 Å². The van der Waals surface area contributed by atoms with E-state index >= 15 is 0 Å². The second kappa shape index (κ2) is 3.96. The number of benzene rings is 1. The Morgan fingerprint density at radius 1 is 1.09 bits per heavy atom. The normalized spacial score (nSPS) is 31.5. The Morgan fingerprint density at radius 2 is 1.83 bits per heavy atom. The molecule has 1 N–H and O–H groups in total. The van der Waals surface area contributed by atoms with Crippen LogP contribution < -0.4 is 5.43 Å². The van der Waals surface area contributed by atoms with Gasteiger partial charge in [-0.05, 0) is 38.0 Å². The summed E-state index contributed by atoms with van der Waals surface area (Å²) in [5, 5.41) is 9.85. The lowest BCUT2D eigenvalue weighted by Crippen LogP contribution is -2.39. The summed E-state index contributed by atoms with van der Waals surface area (Å²) in [5.74, 6) is 0.166. The first-order valence-electron chi connectivity index (χ1n) is 7.72. The Bertz CT molecular complexity index is 909. The predicted octanol–water partition coefficient (Wildman–Crippen LogP) is 3.08. The minimum absolute atomic E-state index is 0.0109. The van der Waals surface area contributed by atoms with Crippen molar-refractivity contribution in [2.75, 3.05) is 0 Å². The standard InChI is InChI=1S/C18H18O5/c1-16(2)17(3)6-7-18(16,23-15(17)21)14-9-12(20)11-8-10(19)4-5-13(11)22-14/h4-5,8-9,19H,6-7H2,1-3H3. The van der Waals surface area contributed by atoms with E-state index in [1.165, 1.54) is 18.2 Å². The van der Waals surface area contributed by atoms with Crippen molar-refractivity contribution in [3.05, 3.63) is 40.2 Å². The highest BCUT2D eigenvalue weighted by Crippen LogP contribution is 2.69. The topological polar surface area (TPSA) is 76.7 Å². The van der Waals surface area contributed by atoms with E-state index in [-0.39, 0.29) is 17.1 Å². The summed E-state index contributed by atoms with van der Waals surface area (Å²) in [6.45, 7) is 5.90. The number of carbonyl (C=O) groups is 1. The van der Waals surface area contributed by atoms with Gasteiger partial charge in [0, 0.05) is 11.5 Å². The fourth-order valence-corrected chi connectivity index (χ4v) is 4.13. The molecule has 2 aliphatic rings. The van der Waals surface area contributed by atoms with Crippen LogP contribution in [0.15, 0.2) is 33.5 Å². The van der Waals surface area contributed by atoms with Crippen LogP contribution in [-0.2, 0) is 15.1 Å². The zero-order valence-corrected chi connectivity index (χ0v) is 13.3. The highest BCUT2D eigenvalue weighted by atomic mass is 16.6. The Kier molecular flexibility index (Phi) is 2.46. The summed E-state index contributed by atoms with van der Waals surface area (Å²) in [7, 11) is 0. The van der Waals surface area contributed by atoms with E-state index in [0.29, 0.717) is 29.6 Å². The van der Waals surface area contributed by atoms with Gasteiger partial charge in [-0.1, -0.05) is 13.8 Å². The number of phenolic OH excluding ortho intramolecular Hbond substituents is 1. The molecule has 2 bridgehead atoms. The summed E-state index contributed by atoms with van der Waals surface area (Å²) in [6, 6.07) is 5.81. The number of hydrogen-bond acceptors (Lipinski definition) is 5. The molecule has 2 aromatic rings. The van der Waals surface area contributed by atoms with Crippen LogP contribution in [0.25, 0.3) is 11.0 Å². The smallest absolute Gasteiger partial charge is 0.313 e. The Balaban J connectivity index is 1.99. The van der Waals surface area contributed by atoms with Crippen LogP contribution in [0.3, 0.4) is 0 Å². The molecule has 2 fully saturated rings. The second-order valence-corrected chi connectivity index (χ2v) is 7.33. The van der Waals surface area contributed by atoms with Gasteiger partial charge in [0.2, 0.25) is 0 Å². The van der Waals surface area contributed by atoms with Crippen LogP contribution in [0, 0.1) is 10.8 Å². The van der Waals surface area contributed by atoms with Crippen molar-refractivity contribution in [2.24, 2.45) is 10.8 Å². The monoisotopic (exact) mass is 314 g/mol. The van der Waals surface area contributed by atoms with Gasteiger partial charge in [0.1, 0.15) is 11.3 Å². The highest BCUT2D eigenvalue weighted by molar-refractivity contribution is 5.83. The van der Waals surface area contributed by atoms with Gasteiger partial charge in [-0.2, -0.15) is 0 Å². The van der Waals surface area contributed by atoms with Crippen molar-refractivity contribution in [1.29, 1.82) is 0 Å². The van der Waals surface area contributed by atoms with Crippen molar-refractivity contribution in [3.8, 4) is 5.75 Å². The molecule has 1 aromatic heterocycles. The second-order valence-electron chi connectivity index (χ2n) is 7.33. The van der Waals surface area contributed by atoms with Gasteiger partial charge in [0.25, 0.3) is 0 Å². The zero-order chi connectivity index (χ0) is 16.6. The lowest BCUT2D eigenvalue weighted by Gasteiger charge is -2.35. The van der Waals surface area contributed by atoms with E-state index in [1.807, 2.05) is 20.8 Å². The molecule has 2 atom stereocenters. The number of carbonyl (C=O) groups excluding carboxylic acids is 1. The number of fused-ring (bicyclic) bond motifs is 3. The summed E-state index contributed by atoms with van der Waals surface area (Å²) in [5.41, 5.74) is -1.83. The summed E-state index contributed by atoms with van der Waals surface area (Å²) in [4.78, 5) is 24.8. The van der Waals surface area contributed by atoms with Crippen molar-refractivity contribution in [2.45, 2.75) is 39.2 Å². The third kappa shape index (κ3) is 1.47. The van der Waals surface area contributed by atoms with Crippen LogP contribution in [0.2, 0.25) is 0 Å². The molecule has 5 nitrogen and oxygen atoms in total. The number of hydrogen-bond donors (Lipinski definition) is 1. The van der Waals surface area contributed by atoms with E-state index in [2.05, 4.69) is 0 Å². The van der Waals surface area contributed by atoms with E-state index < -0.39 is 16.4 Å². The lowest BCUT2D eigenvalue weighted by atomic mass is 9.65.